The molecule has 2 N–H and O–H groups in total. The summed E-state index contributed by atoms with van der Waals surface area (Å²) in [7, 11) is 0. The summed E-state index contributed by atoms with van der Waals surface area (Å²) in [5, 5.41) is 17.3. The van der Waals surface area contributed by atoms with Crippen molar-refractivity contribution in [1.82, 2.24) is 19.7 Å². The number of carbonyl (C=O) groups is 1. The highest BCUT2D eigenvalue weighted by Crippen LogP contribution is 2.42. The molecule has 2 bridgehead atoms. The van der Waals surface area contributed by atoms with Gasteiger partial charge in [-0.2, -0.15) is 5.10 Å². The Labute approximate surface area is 231 Å². The maximum absolute atomic E-state index is 11.9. The van der Waals surface area contributed by atoms with Crippen molar-refractivity contribution in [3.05, 3.63) is 30.5 Å². The van der Waals surface area contributed by atoms with Crippen molar-refractivity contribution in [2.45, 2.75) is 62.6 Å². The van der Waals surface area contributed by atoms with Crippen LogP contribution in [0.5, 0.6) is 0 Å². The number of rotatable bonds is 6. The van der Waals surface area contributed by atoms with E-state index in [1.807, 2.05) is 18.3 Å². The van der Waals surface area contributed by atoms with Gasteiger partial charge in [-0.3, -0.25) is 5.32 Å². The number of carbonyl (C=O) groups excluding carboxylic acids is 1. The Kier molecular flexibility index (Phi) is 6.78. The van der Waals surface area contributed by atoms with E-state index in [2.05, 4.69) is 14.9 Å². The zero-order valence-electron chi connectivity index (χ0n) is 22.3. The van der Waals surface area contributed by atoms with E-state index >= 15 is 0 Å². The van der Waals surface area contributed by atoms with Crippen LogP contribution in [0.15, 0.2) is 30.5 Å². The maximum Gasteiger partial charge on any atom is 0.411 e. The van der Waals surface area contributed by atoms with Gasteiger partial charge in [-0.05, 0) is 49.9 Å². The molecule has 12 nitrogen and oxygen atoms in total. The smallest absolute Gasteiger partial charge is 0.411 e. The zero-order chi connectivity index (χ0) is 27.1. The fraction of sp³-hybridized carbons (Fsp3) is 0.571. The van der Waals surface area contributed by atoms with Crippen LogP contribution in [0.1, 0.15) is 44.6 Å². The number of hydrogen-bond acceptors (Lipinski definition) is 10. The molecule has 212 valence electrons. The molecule has 12 heteroatoms. The lowest BCUT2D eigenvalue weighted by Gasteiger charge is -2.35. The van der Waals surface area contributed by atoms with Gasteiger partial charge < -0.3 is 29.0 Å². The van der Waals surface area contributed by atoms with Crippen molar-refractivity contribution in [2.24, 2.45) is 0 Å². The molecule has 1 saturated carbocycles. The van der Waals surface area contributed by atoms with E-state index in [1.165, 1.54) is 0 Å². The molecule has 5 heterocycles. The number of nitrogens with zero attached hydrogens (tertiary/aromatic N) is 5. The quantitative estimate of drug-likeness (QED) is 0.471. The number of nitrogens with one attached hydrogen (secondary N) is 1. The van der Waals surface area contributed by atoms with Crippen LogP contribution in [-0.4, -0.2) is 88.5 Å². The number of aromatic nitrogens is 4. The first-order valence-electron chi connectivity index (χ1n) is 14.2. The van der Waals surface area contributed by atoms with Gasteiger partial charge in [0.2, 0.25) is 0 Å². The normalized spacial score (nSPS) is 24.2. The molecule has 1 aliphatic carbocycles. The van der Waals surface area contributed by atoms with Crippen molar-refractivity contribution in [2.75, 3.05) is 49.7 Å². The van der Waals surface area contributed by atoms with Crippen molar-refractivity contribution in [1.29, 1.82) is 0 Å². The molecule has 7 rings (SSSR count). The van der Waals surface area contributed by atoms with Crippen LogP contribution in [0.25, 0.3) is 22.4 Å². The van der Waals surface area contributed by atoms with Crippen LogP contribution < -0.4 is 10.2 Å². The fourth-order valence-electron chi connectivity index (χ4n) is 6.40. The monoisotopic (exact) mass is 550 g/mol. The molecule has 1 amide bonds. The highest BCUT2D eigenvalue weighted by molar-refractivity contribution is 5.89. The Bertz CT molecular complexity index is 1350. The number of aliphatic hydroxyl groups is 1. The molecule has 4 aliphatic rings. The van der Waals surface area contributed by atoms with E-state index in [9.17, 15) is 4.79 Å². The first-order valence-corrected chi connectivity index (χ1v) is 14.2. The molecule has 3 aliphatic heterocycles. The van der Waals surface area contributed by atoms with Gasteiger partial charge in [0, 0.05) is 37.2 Å². The zero-order valence-corrected chi connectivity index (χ0v) is 22.3. The number of hydrogen-bond donors (Lipinski definition) is 2. The molecular formula is C28H34N6O6. The summed E-state index contributed by atoms with van der Waals surface area (Å²) in [5.41, 5.74) is 2.23. The number of fused-ring (bicyclic) bond motifs is 3. The summed E-state index contributed by atoms with van der Waals surface area (Å²) in [4.78, 5) is 24.3. The van der Waals surface area contributed by atoms with Gasteiger partial charge >= 0.3 is 6.09 Å². The average Bonchev–Trinajstić information content (AvgIpc) is 3.71. The van der Waals surface area contributed by atoms with Gasteiger partial charge in [-0.15, -0.1) is 0 Å². The van der Waals surface area contributed by atoms with Gasteiger partial charge in [0.15, 0.2) is 17.3 Å². The van der Waals surface area contributed by atoms with Crippen LogP contribution in [0, 0.1) is 0 Å². The SMILES string of the molecule is O=C(Nc1ccc(-c2nc(N3CC4CCC(C3)O4)c3cnn(C4CCC5(CC4)OCCO5)c3n2)cc1)OCCO. The predicted octanol–water partition coefficient (Wildman–Crippen LogP) is 3.26. The van der Waals surface area contributed by atoms with Crippen molar-refractivity contribution in [3.63, 3.8) is 0 Å². The van der Waals surface area contributed by atoms with Gasteiger partial charge in [-0.1, -0.05) is 0 Å². The summed E-state index contributed by atoms with van der Waals surface area (Å²) in [6.45, 7) is 2.64. The third-order valence-corrected chi connectivity index (χ3v) is 8.37. The van der Waals surface area contributed by atoms with E-state index in [4.69, 9.17) is 39.1 Å². The lowest BCUT2D eigenvalue weighted by atomic mass is 9.90. The van der Waals surface area contributed by atoms with Crippen LogP contribution in [0.3, 0.4) is 0 Å². The summed E-state index contributed by atoms with van der Waals surface area (Å²) < 4.78 is 25.0. The topological polar surface area (TPSA) is 133 Å². The standard InChI is InChI=1S/C28H34N6O6/c35-11-12-37-27(36)30-19-3-1-18(2-4-19)24-31-25(33-16-21-5-6-22(17-33)40-21)23-15-29-34(26(23)32-24)20-7-9-28(10-8-20)38-13-14-39-28/h1-4,15,20-22,35H,5-14,16-17H2,(H,30,36). The Balaban J connectivity index is 1.21. The van der Waals surface area contributed by atoms with Crippen molar-refractivity contribution in [3.8, 4) is 11.4 Å². The van der Waals surface area contributed by atoms with E-state index < -0.39 is 11.9 Å². The summed E-state index contributed by atoms with van der Waals surface area (Å²) in [6.07, 6.45) is 7.37. The maximum atomic E-state index is 11.9. The molecular weight excluding hydrogens is 516 g/mol. The lowest BCUT2D eigenvalue weighted by molar-refractivity contribution is -0.181. The second kappa shape index (κ2) is 10.6. The minimum atomic E-state index is -0.615. The molecule has 2 unspecified atom stereocenters. The first kappa shape index (κ1) is 25.6. The van der Waals surface area contributed by atoms with Gasteiger partial charge in [-0.25, -0.2) is 19.4 Å². The molecule has 2 aromatic heterocycles. The first-order chi connectivity index (χ1) is 19.6. The van der Waals surface area contributed by atoms with Gasteiger partial charge in [0.25, 0.3) is 0 Å². The second-order valence-corrected chi connectivity index (χ2v) is 11.0. The number of benzene rings is 1. The highest BCUT2D eigenvalue weighted by Gasteiger charge is 2.41. The van der Waals surface area contributed by atoms with Gasteiger partial charge in [0.05, 0.1) is 49.7 Å². The largest absolute Gasteiger partial charge is 0.447 e. The highest BCUT2D eigenvalue weighted by atomic mass is 16.7. The third-order valence-electron chi connectivity index (χ3n) is 8.37. The Morgan fingerprint density at radius 1 is 1.05 bits per heavy atom. The molecule has 0 radical (unpaired) electrons. The summed E-state index contributed by atoms with van der Waals surface area (Å²) in [5.74, 6) is 1.06. The van der Waals surface area contributed by atoms with Crippen LogP contribution in [-0.2, 0) is 18.9 Å². The number of aliphatic hydroxyl groups excluding tert-OH is 1. The van der Waals surface area contributed by atoms with Crippen molar-refractivity contribution >= 4 is 28.6 Å². The molecule has 40 heavy (non-hydrogen) atoms. The van der Waals surface area contributed by atoms with Crippen LogP contribution >= 0.6 is 0 Å². The Hall–Kier alpha value is -3.32. The van der Waals surface area contributed by atoms with Crippen molar-refractivity contribution < 1.29 is 28.8 Å². The minimum absolute atomic E-state index is 0.0560. The fourth-order valence-corrected chi connectivity index (χ4v) is 6.40. The average molecular weight is 551 g/mol. The summed E-state index contributed by atoms with van der Waals surface area (Å²) in [6, 6.07) is 7.54. The molecule has 2 atom stereocenters. The van der Waals surface area contributed by atoms with E-state index in [-0.39, 0.29) is 31.5 Å². The van der Waals surface area contributed by atoms with E-state index in [0.717, 1.165) is 74.0 Å². The molecule has 4 fully saturated rings. The summed E-state index contributed by atoms with van der Waals surface area (Å²) >= 11 is 0. The predicted molar refractivity (Wildman–Crippen MR) is 145 cm³/mol. The van der Waals surface area contributed by atoms with Gasteiger partial charge in [0.1, 0.15) is 12.4 Å². The lowest BCUT2D eigenvalue weighted by Crippen LogP contribution is -2.43. The number of anilines is 2. The molecule has 1 aromatic carbocycles. The second-order valence-electron chi connectivity index (χ2n) is 11.0. The minimum Gasteiger partial charge on any atom is -0.447 e. The number of ether oxygens (including phenoxy) is 4. The third kappa shape index (κ3) is 4.89. The van der Waals surface area contributed by atoms with E-state index in [0.29, 0.717) is 24.7 Å². The Morgan fingerprint density at radius 3 is 2.48 bits per heavy atom. The molecule has 3 aromatic rings. The Morgan fingerprint density at radius 2 is 1.77 bits per heavy atom. The molecule has 3 saturated heterocycles. The number of amides is 1. The number of morpholine rings is 1. The molecule has 1 spiro atoms. The van der Waals surface area contributed by atoms with Crippen LogP contribution in [0.4, 0.5) is 16.3 Å². The van der Waals surface area contributed by atoms with Crippen LogP contribution in [0.2, 0.25) is 0 Å². The van der Waals surface area contributed by atoms with E-state index in [1.54, 1.807) is 12.1 Å².